The summed E-state index contributed by atoms with van der Waals surface area (Å²) in [5, 5.41) is 2.73. The third-order valence-electron chi connectivity index (χ3n) is 3.17. The van der Waals surface area contributed by atoms with Crippen LogP contribution in [-0.4, -0.2) is 38.4 Å². The van der Waals surface area contributed by atoms with Crippen LogP contribution in [0.25, 0.3) is 0 Å². The molecule has 1 amide bonds. The molecule has 128 valence electrons. The largest absolute Gasteiger partial charge is 0.459 e. The lowest BCUT2D eigenvalue weighted by Crippen LogP contribution is -2.36. The summed E-state index contributed by atoms with van der Waals surface area (Å²) in [6.45, 7) is 12.6. The minimum atomic E-state index is -0.508. The molecule has 0 saturated heterocycles. The van der Waals surface area contributed by atoms with E-state index >= 15 is 0 Å². The van der Waals surface area contributed by atoms with Gasteiger partial charge in [0.2, 0.25) is 0 Å². The van der Waals surface area contributed by atoms with Crippen molar-refractivity contribution >= 4 is 12.1 Å². The van der Waals surface area contributed by atoms with Gasteiger partial charge >= 0.3 is 12.1 Å². The molecule has 0 rings (SSSR count). The van der Waals surface area contributed by atoms with Gasteiger partial charge in [-0.1, -0.05) is 27.4 Å². The molecule has 0 aromatic rings. The van der Waals surface area contributed by atoms with Crippen molar-refractivity contribution in [2.45, 2.75) is 40.5 Å². The van der Waals surface area contributed by atoms with Crippen molar-refractivity contribution < 1.29 is 19.1 Å². The molecule has 0 aliphatic carbocycles. The lowest BCUT2D eigenvalue weighted by molar-refractivity contribution is -0.139. The van der Waals surface area contributed by atoms with Gasteiger partial charge in [-0.25, -0.2) is 9.59 Å². The van der Waals surface area contributed by atoms with Gasteiger partial charge in [-0.2, -0.15) is 0 Å². The molecule has 0 bridgehead atoms. The number of carbonyl (C=O) groups is 2. The van der Waals surface area contributed by atoms with E-state index in [1.165, 1.54) is 0 Å². The number of esters is 1. The van der Waals surface area contributed by atoms with Gasteiger partial charge in [-0.3, -0.25) is 0 Å². The number of carbonyl (C=O) groups excluding carboxylic acids is 2. The molecule has 6 heteroatoms. The van der Waals surface area contributed by atoms with Gasteiger partial charge in [0.15, 0.2) is 0 Å². The number of nitrogens with two attached hydrogens (primary N) is 1. The van der Waals surface area contributed by atoms with Crippen LogP contribution >= 0.6 is 0 Å². The maximum atomic E-state index is 11.6. The van der Waals surface area contributed by atoms with E-state index in [1.54, 1.807) is 6.92 Å². The van der Waals surface area contributed by atoms with Crippen molar-refractivity contribution in [1.82, 2.24) is 5.32 Å². The van der Waals surface area contributed by atoms with Crippen molar-refractivity contribution in [1.29, 1.82) is 0 Å². The van der Waals surface area contributed by atoms with Crippen LogP contribution in [0, 0.1) is 11.3 Å². The van der Waals surface area contributed by atoms with Crippen molar-refractivity contribution in [3.05, 3.63) is 12.2 Å². The minimum absolute atomic E-state index is 0.0227. The van der Waals surface area contributed by atoms with Gasteiger partial charge in [0, 0.05) is 12.1 Å². The normalized spacial score (nSPS) is 12.4. The summed E-state index contributed by atoms with van der Waals surface area (Å²) in [7, 11) is 0. The first-order valence-corrected chi connectivity index (χ1v) is 7.61. The second kappa shape index (κ2) is 10.2. The minimum Gasteiger partial charge on any atom is -0.459 e. The topological polar surface area (TPSA) is 90.6 Å². The van der Waals surface area contributed by atoms with Crippen molar-refractivity contribution in [3.8, 4) is 0 Å². The second-order valence-corrected chi connectivity index (χ2v) is 6.46. The molecule has 3 N–H and O–H groups in total. The number of nitrogens with one attached hydrogen (secondary N) is 1. The summed E-state index contributed by atoms with van der Waals surface area (Å²) in [4.78, 5) is 22.7. The molecule has 0 aromatic carbocycles. The van der Waals surface area contributed by atoms with E-state index < -0.39 is 12.1 Å². The van der Waals surface area contributed by atoms with Gasteiger partial charge in [-0.05, 0) is 37.6 Å². The first-order valence-electron chi connectivity index (χ1n) is 7.61. The van der Waals surface area contributed by atoms with Crippen LogP contribution < -0.4 is 11.1 Å². The zero-order valence-electron chi connectivity index (χ0n) is 14.2. The highest BCUT2D eigenvalue weighted by Crippen LogP contribution is 2.25. The highest BCUT2D eigenvalue weighted by Gasteiger charge is 2.22. The standard InChI is InChI=1S/C16H30N2O4/c1-12(2)14(19)21-8-9-22-15(20)18-11-16(4,5)10-13(3)6-7-17/h13H,1,6-11,17H2,2-5H3,(H,18,20). The quantitative estimate of drug-likeness (QED) is 0.366. The van der Waals surface area contributed by atoms with Crippen LogP contribution in [0.1, 0.15) is 40.5 Å². The monoisotopic (exact) mass is 314 g/mol. The molecule has 0 spiro atoms. The Kier molecular flexibility index (Phi) is 9.49. The SMILES string of the molecule is C=C(C)C(=O)OCCOC(=O)NCC(C)(C)CC(C)CCN. The Hall–Kier alpha value is -1.56. The molecular weight excluding hydrogens is 284 g/mol. The maximum absolute atomic E-state index is 11.6. The lowest BCUT2D eigenvalue weighted by Gasteiger charge is -2.28. The number of rotatable bonds is 10. The number of hydrogen-bond donors (Lipinski definition) is 2. The summed E-state index contributed by atoms with van der Waals surface area (Å²) >= 11 is 0. The summed E-state index contributed by atoms with van der Waals surface area (Å²) < 4.78 is 9.77. The van der Waals surface area contributed by atoms with E-state index in [9.17, 15) is 9.59 Å². The van der Waals surface area contributed by atoms with Gasteiger partial charge < -0.3 is 20.5 Å². The Morgan fingerprint density at radius 1 is 1.27 bits per heavy atom. The molecule has 0 heterocycles. The maximum Gasteiger partial charge on any atom is 0.407 e. The van der Waals surface area contributed by atoms with Crippen LogP contribution in [0.2, 0.25) is 0 Å². The van der Waals surface area contributed by atoms with Crippen LogP contribution in [-0.2, 0) is 14.3 Å². The Balaban J connectivity index is 3.88. The van der Waals surface area contributed by atoms with Crippen LogP contribution in [0.3, 0.4) is 0 Å². The summed E-state index contributed by atoms with van der Waals surface area (Å²) in [6.07, 6.45) is 1.44. The molecule has 1 unspecified atom stereocenters. The zero-order valence-corrected chi connectivity index (χ0v) is 14.2. The van der Waals surface area contributed by atoms with E-state index in [0.717, 1.165) is 12.8 Å². The van der Waals surface area contributed by atoms with Crippen LogP contribution in [0.5, 0.6) is 0 Å². The molecule has 0 aliphatic rings. The second-order valence-electron chi connectivity index (χ2n) is 6.46. The van der Waals surface area contributed by atoms with E-state index in [1.807, 2.05) is 0 Å². The highest BCUT2D eigenvalue weighted by atomic mass is 16.6. The molecule has 0 fully saturated rings. The number of ether oxygens (including phenoxy) is 2. The number of alkyl carbamates (subject to hydrolysis) is 1. The Bertz CT molecular complexity index is 380. The Morgan fingerprint density at radius 3 is 2.41 bits per heavy atom. The Labute approximate surface area is 133 Å². The zero-order chi connectivity index (χ0) is 17.2. The van der Waals surface area contributed by atoms with Gasteiger partial charge in [0.1, 0.15) is 13.2 Å². The highest BCUT2D eigenvalue weighted by molar-refractivity contribution is 5.86. The van der Waals surface area contributed by atoms with Gasteiger partial charge in [-0.15, -0.1) is 0 Å². The fourth-order valence-corrected chi connectivity index (χ4v) is 2.16. The smallest absolute Gasteiger partial charge is 0.407 e. The lowest BCUT2D eigenvalue weighted by atomic mass is 9.82. The van der Waals surface area contributed by atoms with Crippen molar-refractivity contribution in [2.24, 2.45) is 17.1 Å². The van der Waals surface area contributed by atoms with E-state index in [2.05, 4.69) is 32.7 Å². The number of hydrogen-bond acceptors (Lipinski definition) is 5. The average molecular weight is 314 g/mol. The van der Waals surface area contributed by atoms with Crippen molar-refractivity contribution in [2.75, 3.05) is 26.3 Å². The third-order valence-corrected chi connectivity index (χ3v) is 3.17. The summed E-state index contributed by atoms with van der Waals surface area (Å²) in [5.41, 5.74) is 5.84. The fraction of sp³-hybridized carbons (Fsp3) is 0.750. The molecule has 6 nitrogen and oxygen atoms in total. The molecule has 0 saturated carbocycles. The molecule has 1 atom stereocenters. The van der Waals surface area contributed by atoms with E-state index in [0.29, 0.717) is 24.6 Å². The fourth-order valence-electron chi connectivity index (χ4n) is 2.16. The van der Waals surface area contributed by atoms with E-state index in [4.69, 9.17) is 15.2 Å². The van der Waals surface area contributed by atoms with Gasteiger partial charge in [0.25, 0.3) is 0 Å². The first kappa shape index (κ1) is 20.4. The third kappa shape index (κ3) is 10.2. The molecule has 0 aromatic heterocycles. The summed E-state index contributed by atoms with van der Waals surface area (Å²) in [6, 6.07) is 0. The predicted octanol–water partition coefficient (Wildman–Crippen LogP) is 2.23. The molecular formula is C16H30N2O4. The number of amides is 1. The van der Waals surface area contributed by atoms with Crippen molar-refractivity contribution in [3.63, 3.8) is 0 Å². The Morgan fingerprint density at radius 2 is 1.86 bits per heavy atom. The molecule has 22 heavy (non-hydrogen) atoms. The van der Waals surface area contributed by atoms with Gasteiger partial charge in [0.05, 0.1) is 0 Å². The summed E-state index contributed by atoms with van der Waals surface area (Å²) in [5.74, 6) is 0.0263. The average Bonchev–Trinajstić information content (AvgIpc) is 2.40. The van der Waals surface area contributed by atoms with Crippen LogP contribution in [0.15, 0.2) is 12.2 Å². The predicted molar refractivity (Wildman–Crippen MR) is 86.4 cm³/mol. The first-order chi connectivity index (χ1) is 10.2. The van der Waals surface area contributed by atoms with E-state index in [-0.39, 0.29) is 18.6 Å². The van der Waals surface area contributed by atoms with Crippen LogP contribution in [0.4, 0.5) is 4.79 Å². The molecule has 0 radical (unpaired) electrons. The molecule has 0 aliphatic heterocycles.